The highest BCUT2D eigenvalue weighted by Gasteiger charge is 2.27. The van der Waals surface area contributed by atoms with Crippen molar-refractivity contribution in [2.75, 3.05) is 32.8 Å². The van der Waals surface area contributed by atoms with E-state index in [1.807, 2.05) is 25.1 Å². The lowest BCUT2D eigenvalue weighted by Crippen LogP contribution is -2.42. The molecule has 1 atom stereocenters. The van der Waals surface area contributed by atoms with E-state index >= 15 is 0 Å². The first-order valence-electron chi connectivity index (χ1n) is 9.33. The van der Waals surface area contributed by atoms with E-state index in [9.17, 15) is 4.39 Å². The van der Waals surface area contributed by atoms with Crippen molar-refractivity contribution in [2.45, 2.75) is 13.0 Å². The summed E-state index contributed by atoms with van der Waals surface area (Å²) in [5.41, 5.74) is 3.69. The number of hydrogen-bond acceptors (Lipinski definition) is 5. The molecule has 1 aromatic heterocycles. The summed E-state index contributed by atoms with van der Waals surface area (Å²) in [6.07, 6.45) is 1.74. The Morgan fingerprint density at radius 2 is 2.07 bits per heavy atom. The molecular weight excluding hydrogens is 379 g/mol. The molecule has 0 bridgehead atoms. The number of amidine groups is 1. The number of nitrogens with zero attached hydrogens (tertiary/aromatic N) is 3. The van der Waals surface area contributed by atoms with E-state index in [0.29, 0.717) is 10.9 Å². The first kappa shape index (κ1) is 19.1. The summed E-state index contributed by atoms with van der Waals surface area (Å²) in [4.78, 5) is 11.7. The number of halogens is 2. The Hall–Kier alpha value is -2.28. The predicted molar refractivity (Wildman–Crippen MR) is 108 cm³/mol. The SMILES string of the molecule is CC1=C(CN2CCOCC2)NC(c2ccccn2)=NC1c1ccc(F)cc1Cl. The second kappa shape index (κ2) is 8.39. The van der Waals surface area contributed by atoms with Crippen molar-refractivity contribution >= 4 is 17.4 Å². The zero-order chi connectivity index (χ0) is 19.5. The first-order valence-corrected chi connectivity index (χ1v) is 9.70. The monoisotopic (exact) mass is 400 g/mol. The summed E-state index contributed by atoms with van der Waals surface area (Å²) in [6, 6.07) is 9.90. The molecule has 0 amide bonds. The number of hydrogen-bond donors (Lipinski definition) is 1. The van der Waals surface area contributed by atoms with Crippen molar-refractivity contribution in [3.8, 4) is 0 Å². The van der Waals surface area contributed by atoms with E-state index < -0.39 is 0 Å². The molecule has 146 valence electrons. The Balaban J connectivity index is 1.72. The number of aliphatic imine (C=N–C) groups is 1. The van der Waals surface area contributed by atoms with Gasteiger partial charge in [-0.25, -0.2) is 4.39 Å². The maximum atomic E-state index is 13.6. The zero-order valence-corrected chi connectivity index (χ0v) is 16.4. The van der Waals surface area contributed by atoms with Gasteiger partial charge < -0.3 is 10.1 Å². The number of rotatable bonds is 4. The molecule has 2 aliphatic rings. The molecule has 2 aromatic rings. The van der Waals surface area contributed by atoms with Crippen LogP contribution in [-0.2, 0) is 4.74 Å². The molecule has 1 unspecified atom stereocenters. The van der Waals surface area contributed by atoms with Crippen molar-refractivity contribution in [3.05, 3.63) is 76.0 Å². The second-order valence-corrected chi connectivity index (χ2v) is 7.34. The molecule has 28 heavy (non-hydrogen) atoms. The van der Waals surface area contributed by atoms with Crippen LogP contribution < -0.4 is 5.32 Å². The Bertz CT molecular complexity index is 910. The van der Waals surface area contributed by atoms with Gasteiger partial charge in [0.05, 0.1) is 13.2 Å². The second-order valence-electron chi connectivity index (χ2n) is 6.94. The number of morpholine rings is 1. The fourth-order valence-electron chi connectivity index (χ4n) is 3.47. The quantitative estimate of drug-likeness (QED) is 0.852. The lowest BCUT2D eigenvalue weighted by molar-refractivity contribution is 0.0417. The summed E-state index contributed by atoms with van der Waals surface area (Å²) in [7, 11) is 0. The number of nitrogens with one attached hydrogen (secondary N) is 1. The molecule has 3 heterocycles. The van der Waals surface area contributed by atoms with E-state index in [2.05, 4.69) is 15.2 Å². The van der Waals surface area contributed by atoms with E-state index in [-0.39, 0.29) is 11.9 Å². The largest absolute Gasteiger partial charge is 0.379 e. The van der Waals surface area contributed by atoms with Crippen LogP contribution in [0.15, 0.2) is 58.9 Å². The van der Waals surface area contributed by atoms with Gasteiger partial charge >= 0.3 is 0 Å². The molecule has 4 rings (SSSR count). The van der Waals surface area contributed by atoms with Crippen LogP contribution in [0.25, 0.3) is 0 Å². The predicted octanol–water partition coefficient (Wildman–Crippen LogP) is 3.57. The Labute approximate surface area is 168 Å². The van der Waals surface area contributed by atoms with Crippen LogP contribution in [-0.4, -0.2) is 48.6 Å². The molecule has 0 aliphatic carbocycles. The van der Waals surface area contributed by atoms with Crippen LogP contribution in [0.3, 0.4) is 0 Å². The van der Waals surface area contributed by atoms with Gasteiger partial charge in [-0.15, -0.1) is 0 Å². The molecule has 0 spiro atoms. The third-order valence-corrected chi connectivity index (χ3v) is 5.39. The molecule has 1 fully saturated rings. The lowest BCUT2D eigenvalue weighted by Gasteiger charge is -2.32. The summed E-state index contributed by atoms with van der Waals surface area (Å²) >= 11 is 6.37. The fourth-order valence-corrected chi connectivity index (χ4v) is 3.74. The molecule has 7 heteroatoms. The van der Waals surface area contributed by atoms with Crippen LogP contribution in [0, 0.1) is 5.82 Å². The van der Waals surface area contributed by atoms with Gasteiger partial charge in [-0.2, -0.15) is 0 Å². The Morgan fingerprint density at radius 3 is 2.79 bits per heavy atom. The number of pyridine rings is 1. The third kappa shape index (κ3) is 4.09. The van der Waals surface area contributed by atoms with Crippen molar-refractivity contribution in [2.24, 2.45) is 4.99 Å². The fraction of sp³-hybridized carbons (Fsp3) is 0.333. The first-order chi connectivity index (χ1) is 13.6. The van der Waals surface area contributed by atoms with Gasteiger partial charge in [0.1, 0.15) is 17.6 Å². The standard InChI is InChI=1S/C21H22ClFN4O/c1-14-19(13-27-8-10-28-11-9-27)25-21(18-4-2-3-7-24-18)26-20(14)16-6-5-15(23)12-17(16)22/h2-7,12,20H,8-11,13H2,1H3,(H,25,26). The van der Waals surface area contributed by atoms with Gasteiger partial charge in [0, 0.05) is 36.6 Å². The Morgan fingerprint density at radius 1 is 1.25 bits per heavy atom. The summed E-state index contributed by atoms with van der Waals surface area (Å²) < 4.78 is 19.0. The molecule has 0 saturated carbocycles. The number of ether oxygens (including phenoxy) is 1. The average molecular weight is 401 g/mol. The van der Waals surface area contributed by atoms with E-state index in [0.717, 1.165) is 55.4 Å². The molecule has 2 aliphatic heterocycles. The van der Waals surface area contributed by atoms with Gasteiger partial charge in [-0.1, -0.05) is 23.7 Å². The topological polar surface area (TPSA) is 49.8 Å². The van der Waals surface area contributed by atoms with E-state index in [1.54, 1.807) is 12.3 Å². The molecule has 1 aromatic carbocycles. The third-order valence-electron chi connectivity index (χ3n) is 5.06. The van der Waals surface area contributed by atoms with Crippen molar-refractivity contribution in [1.82, 2.24) is 15.2 Å². The smallest absolute Gasteiger partial charge is 0.152 e. The van der Waals surface area contributed by atoms with Crippen LogP contribution in [0.2, 0.25) is 5.02 Å². The van der Waals surface area contributed by atoms with Gasteiger partial charge in [0.2, 0.25) is 0 Å². The number of benzene rings is 1. The molecule has 0 radical (unpaired) electrons. The maximum Gasteiger partial charge on any atom is 0.152 e. The van der Waals surface area contributed by atoms with Gasteiger partial charge in [0.25, 0.3) is 0 Å². The van der Waals surface area contributed by atoms with Crippen LogP contribution in [0.1, 0.15) is 24.2 Å². The number of aromatic nitrogens is 1. The molecule has 1 saturated heterocycles. The zero-order valence-electron chi connectivity index (χ0n) is 15.7. The summed E-state index contributed by atoms with van der Waals surface area (Å²) in [5.74, 6) is 0.339. The van der Waals surface area contributed by atoms with Gasteiger partial charge in [-0.3, -0.25) is 14.9 Å². The normalized spacial score (nSPS) is 20.7. The highest BCUT2D eigenvalue weighted by atomic mass is 35.5. The Kier molecular flexibility index (Phi) is 5.71. The minimum absolute atomic E-state index is 0.289. The van der Waals surface area contributed by atoms with Crippen LogP contribution >= 0.6 is 11.6 Å². The molecule has 1 N–H and O–H groups in total. The molecule has 5 nitrogen and oxygen atoms in total. The minimum Gasteiger partial charge on any atom is -0.379 e. The lowest BCUT2D eigenvalue weighted by atomic mass is 9.96. The van der Waals surface area contributed by atoms with Crippen molar-refractivity contribution in [1.29, 1.82) is 0 Å². The van der Waals surface area contributed by atoms with Crippen molar-refractivity contribution in [3.63, 3.8) is 0 Å². The molecular formula is C21H22ClFN4O. The van der Waals surface area contributed by atoms with Crippen LogP contribution in [0.4, 0.5) is 4.39 Å². The van der Waals surface area contributed by atoms with E-state index in [4.69, 9.17) is 21.3 Å². The van der Waals surface area contributed by atoms with Gasteiger partial charge in [0.15, 0.2) is 5.84 Å². The summed E-state index contributed by atoms with van der Waals surface area (Å²) in [6.45, 7) is 6.05. The minimum atomic E-state index is -0.355. The highest BCUT2D eigenvalue weighted by Crippen LogP contribution is 2.35. The average Bonchev–Trinajstić information content (AvgIpc) is 2.71. The van der Waals surface area contributed by atoms with Gasteiger partial charge in [-0.05, 0) is 42.3 Å². The highest BCUT2D eigenvalue weighted by molar-refractivity contribution is 6.31. The van der Waals surface area contributed by atoms with Crippen molar-refractivity contribution < 1.29 is 9.13 Å². The van der Waals surface area contributed by atoms with E-state index in [1.165, 1.54) is 12.1 Å². The maximum absolute atomic E-state index is 13.6. The van der Waals surface area contributed by atoms with Crippen LogP contribution in [0.5, 0.6) is 0 Å². The summed E-state index contributed by atoms with van der Waals surface area (Å²) in [5, 5.41) is 3.84.